The van der Waals surface area contributed by atoms with E-state index < -0.39 is 0 Å². The van der Waals surface area contributed by atoms with E-state index in [-0.39, 0.29) is 6.61 Å². The number of anilines is 3. The minimum atomic E-state index is 0.204. The van der Waals surface area contributed by atoms with Gasteiger partial charge in [-0.15, -0.1) is 0 Å². The van der Waals surface area contributed by atoms with Crippen molar-refractivity contribution in [1.29, 1.82) is 0 Å². The van der Waals surface area contributed by atoms with Gasteiger partial charge in [0.05, 0.1) is 17.6 Å². The van der Waals surface area contributed by atoms with Crippen molar-refractivity contribution in [3.05, 3.63) is 12.3 Å². The first kappa shape index (κ1) is 12.0. The van der Waals surface area contributed by atoms with Gasteiger partial charge in [-0.25, -0.2) is 4.98 Å². The molecule has 0 bridgehead atoms. The molecule has 1 aromatic rings. The highest BCUT2D eigenvalue weighted by molar-refractivity contribution is 5.67. The van der Waals surface area contributed by atoms with Gasteiger partial charge in [0.15, 0.2) is 5.82 Å². The molecule has 1 unspecified atom stereocenters. The van der Waals surface area contributed by atoms with Gasteiger partial charge in [-0.2, -0.15) is 0 Å². The summed E-state index contributed by atoms with van der Waals surface area (Å²) >= 11 is 0. The minimum absolute atomic E-state index is 0.204. The van der Waals surface area contributed by atoms with Crippen LogP contribution in [0.2, 0.25) is 0 Å². The van der Waals surface area contributed by atoms with E-state index in [1.165, 1.54) is 6.42 Å². The van der Waals surface area contributed by atoms with Gasteiger partial charge in [-0.1, -0.05) is 0 Å². The van der Waals surface area contributed by atoms with Crippen LogP contribution in [0.4, 0.5) is 17.2 Å². The molecule has 2 rings (SSSR count). The second-order valence-corrected chi connectivity index (χ2v) is 4.54. The van der Waals surface area contributed by atoms with Crippen molar-refractivity contribution in [3.8, 4) is 0 Å². The van der Waals surface area contributed by atoms with Crippen LogP contribution in [0.25, 0.3) is 0 Å². The molecule has 1 aromatic heterocycles. The molecule has 5 nitrogen and oxygen atoms in total. The summed E-state index contributed by atoms with van der Waals surface area (Å²) in [4.78, 5) is 6.53. The van der Waals surface area contributed by atoms with Gasteiger partial charge in [0.2, 0.25) is 0 Å². The standard InChI is InChI=1S/C12H20N4O/c13-9-7-11(14)12(15-8-9)16-5-2-1-3-10(16)4-6-17/h7-8,10,17H,1-6,13-14H2. The molecule has 5 N–H and O–H groups in total. The Balaban J connectivity index is 2.23. The van der Waals surface area contributed by atoms with Crippen molar-refractivity contribution in [1.82, 2.24) is 4.98 Å². The molecule has 0 aromatic carbocycles. The van der Waals surface area contributed by atoms with E-state index in [1.54, 1.807) is 12.3 Å². The molecule has 1 atom stereocenters. The molecule has 0 saturated carbocycles. The van der Waals surface area contributed by atoms with Crippen molar-refractivity contribution in [2.75, 3.05) is 29.5 Å². The number of hydrogen-bond donors (Lipinski definition) is 3. The monoisotopic (exact) mass is 236 g/mol. The zero-order valence-electron chi connectivity index (χ0n) is 9.97. The summed E-state index contributed by atoms with van der Waals surface area (Å²) < 4.78 is 0. The summed E-state index contributed by atoms with van der Waals surface area (Å²) in [6.07, 6.45) is 5.84. The number of nitrogen functional groups attached to an aromatic ring is 2. The van der Waals surface area contributed by atoms with Crippen molar-refractivity contribution < 1.29 is 5.11 Å². The lowest BCUT2D eigenvalue weighted by molar-refractivity contribution is 0.262. The molecule has 17 heavy (non-hydrogen) atoms. The normalized spacial score (nSPS) is 20.5. The SMILES string of the molecule is Nc1cnc(N2CCCCC2CCO)c(N)c1. The van der Waals surface area contributed by atoms with Gasteiger partial charge in [0, 0.05) is 19.2 Å². The number of pyridine rings is 1. The molecule has 2 heterocycles. The lowest BCUT2D eigenvalue weighted by Crippen LogP contribution is -2.41. The summed E-state index contributed by atoms with van der Waals surface area (Å²) in [5.74, 6) is 0.803. The Morgan fingerprint density at radius 1 is 1.41 bits per heavy atom. The van der Waals surface area contributed by atoms with Crippen LogP contribution in [0.15, 0.2) is 12.3 Å². The Morgan fingerprint density at radius 2 is 2.24 bits per heavy atom. The zero-order valence-corrected chi connectivity index (χ0v) is 9.97. The molecule has 1 aliphatic rings. The molecule has 1 saturated heterocycles. The molecular formula is C12H20N4O. The summed E-state index contributed by atoms with van der Waals surface area (Å²) in [7, 11) is 0. The van der Waals surface area contributed by atoms with Crippen LogP contribution < -0.4 is 16.4 Å². The van der Waals surface area contributed by atoms with E-state index in [0.29, 0.717) is 17.4 Å². The lowest BCUT2D eigenvalue weighted by Gasteiger charge is -2.37. The molecule has 0 radical (unpaired) electrons. The first-order valence-corrected chi connectivity index (χ1v) is 6.11. The highest BCUT2D eigenvalue weighted by Gasteiger charge is 2.24. The Hall–Kier alpha value is -1.49. The van der Waals surface area contributed by atoms with Gasteiger partial charge in [0.25, 0.3) is 0 Å². The number of aliphatic hydroxyl groups is 1. The molecule has 94 valence electrons. The zero-order chi connectivity index (χ0) is 12.3. The highest BCUT2D eigenvalue weighted by atomic mass is 16.3. The molecule has 1 fully saturated rings. The molecule has 5 heteroatoms. The van der Waals surface area contributed by atoms with E-state index in [4.69, 9.17) is 16.6 Å². The Morgan fingerprint density at radius 3 is 2.94 bits per heavy atom. The number of hydrogen-bond acceptors (Lipinski definition) is 5. The van der Waals surface area contributed by atoms with Gasteiger partial charge in [-0.3, -0.25) is 0 Å². The van der Waals surface area contributed by atoms with Crippen LogP contribution in [0.1, 0.15) is 25.7 Å². The number of nitrogens with two attached hydrogens (primary N) is 2. The van der Waals surface area contributed by atoms with Crippen molar-refractivity contribution in [2.24, 2.45) is 0 Å². The van der Waals surface area contributed by atoms with Gasteiger partial charge >= 0.3 is 0 Å². The van der Waals surface area contributed by atoms with Crippen LogP contribution in [0.5, 0.6) is 0 Å². The third kappa shape index (κ3) is 2.61. The molecule has 1 aliphatic heterocycles. The summed E-state index contributed by atoms with van der Waals surface area (Å²) in [5, 5.41) is 9.10. The van der Waals surface area contributed by atoms with Crippen molar-refractivity contribution in [3.63, 3.8) is 0 Å². The maximum Gasteiger partial charge on any atom is 0.152 e. The molecule has 0 spiro atoms. The van der Waals surface area contributed by atoms with E-state index in [2.05, 4.69) is 9.88 Å². The minimum Gasteiger partial charge on any atom is -0.397 e. The second kappa shape index (κ2) is 5.23. The van der Waals surface area contributed by atoms with Crippen molar-refractivity contribution >= 4 is 17.2 Å². The Labute approximate surface area is 101 Å². The van der Waals surface area contributed by atoms with Gasteiger partial charge in [-0.05, 0) is 31.7 Å². The quantitative estimate of drug-likeness (QED) is 0.728. The number of aromatic nitrogens is 1. The maximum absolute atomic E-state index is 9.10. The highest BCUT2D eigenvalue weighted by Crippen LogP contribution is 2.29. The fourth-order valence-electron chi connectivity index (χ4n) is 2.46. The van der Waals surface area contributed by atoms with Crippen LogP contribution in [0.3, 0.4) is 0 Å². The first-order chi connectivity index (χ1) is 8.22. The predicted octanol–water partition coefficient (Wildman–Crippen LogP) is 0.987. The molecule has 0 aliphatic carbocycles. The van der Waals surface area contributed by atoms with E-state index in [0.717, 1.165) is 31.6 Å². The van der Waals surface area contributed by atoms with E-state index in [9.17, 15) is 0 Å². The second-order valence-electron chi connectivity index (χ2n) is 4.54. The summed E-state index contributed by atoms with van der Waals surface area (Å²) in [6.45, 7) is 1.15. The smallest absolute Gasteiger partial charge is 0.152 e. The average Bonchev–Trinajstić information content (AvgIpc) is 2.31. The largest absolute Gasteiger partial charge is 0.397 e. The third-order valence-corrected chi connectivity index (χ3v) is 3.28. The third-order valence-electron chi connectivity index (χ3n) is 3.28. The summed E-state index contributed by atoms with van der Waals surface area (Å²) in [5.41, 5.74) is 12.8. The van der Waals surface area contributed by atoms with E-state index in [1.807, 2.05) is 0 Å². The topological polar surface area (TPSA) is 88.4 Å². The van der Waals surface area contributed by atoms with Gasteiger partial charge in [0.1, 0.15) is 0 Å². The fraction of sp³-hybridized carbons (Fsp3) is 0.583. The Kier molecular flexibility index (Phi) is 3.68. The van der Waals surface area contributed by atoms with Crippen LogP contribution >= 0.6 is 0 Å². The first-order valence-electron chi connectivity index (χ1n) is 6.11. The number of nitrogens with zero attached hydrogens (tertiary/aromatic N) is 2. The van der Waals surface area contributed by atoms with Crippen LogP contribution in [-0.4, -0.2) is 29.3 Å². The number of piperidine rings is 1. The number of rotatable bonds is 3. The number of aliphatic hydroxyl groups excluding tert-OH is 1. The molecular weight excluding hydrogens is 216 g/mol. The summed E-state index contributed by atoms with van der Waals surface area (Å²) in [6, 6.07) is 2.08. The lowest BCUT2D eigenvalue weighted by atomic mass is 9.99. The van der Waals surface area contributed by atoms with E-state index >= 15 is 0 Å². The van der Waals surface area contributed by atoms with Gasteiger partial charge < -0.3 is 21.5 Å². The molecule has 0 amide bonds. The van der Waals surface area contributed by atoms with Crippen LogP contribution in [-0.2, 0) is 0 Å². The van der Waals surface area contributed by atoms with Crippen molar-refractivity contribution in [2.45, 2.75) is 31.7 Å². The Bertz CT molecular complexity index is 381. The maximum atomic E-state index is 9.10. The fourth-order valence-corrected chi connectivity index (χ4v) is 2.46. The average molecular weight is 236 g/mol. The predicted molar refractivity (Wildman–Crippen MR) is 69.7 cm³/mol. The van der Waals surface area contributed by atoms with Crippen LogP contribution in [0, 0.1) is 0 Å².